The molecule has 0 radical (unpaired) electrons. The Balaban J connectivity index is 2.32. The Kier molecular flexibility index (Phi) is 4.35. The molecule has 102 valence electrons. The largest absolute Gasteiger partial charge is 0.377 e. The summed E-state index contributed by atoms with van der Waals surface area (Å²) in [6, 6.07) is 10.0. The first kappa shape index (κ1) is 14.5. The van der Waals surface area contributed by atoms with Crippen LogP contribution in [0.4, 0.5) is 14.5 Å². The minimum Gasteiger partial charge on any atom is -0.377 e. The van der Waals surface area contributed by atoms with E-state index in [1.807, 2.05) is 0 Å². The summed E-state index contributed by atoms with van der Waals surface area (Å²) in [4.78, 5) is 0. The molecule has 0 saturated carbocycles. The van der Waals surface area contributed by atoms with Gasteiger partial charge in [-0.1, -0.05) is 15.9 Å². The van der Waals surface area contributed by atoms with Gasteiger partial charge in [-0.2, -0.15) is 5.26 Å². The maximum atomic E-state index is 13.7. The molecule has 0 aliphatic heterocycles. The van der Waals surface area contributed by atoms with Crippen LogP contribution in [0.2, 0.25) is 0 Å². The summed E-state index contributed by atoms with van der Waals surface area (Å²) in [5, 5.41) is 12.1. The molecule has 0 heterocycles. The molecule has 2 nitrogen and oxygen atoms in total. The first-order chi connectivity index (χ1) is 9.51. The molecule has 0 amide bonds. The Labute approximate surface area is 124 Å². The van der Waals surface area contributed by atoms with Crippen LogP contribution in [-0.2, 0) is 0 Å². The van der Waals surface area contributed by atoms with Gasteiger partial charge < -0.3 is 5.32 Å². The topological polar surface area (TPSA) is 35.8 Å². The molecule has 1 N–H and O–H groups in total. The lowest BCUT2D eigenvalue weighted by Crippen LogP contribution is -2.10. The zero-order chi connectivity index (χ0) is 14.7. The van der Waals surface area contributed by atoms with Crippen molar-refractivity contribution in [3.8, 4) is 6.07 Å². The van der Waals surface area contributed by atoms with Crippen LogP contribution >= 0.6 is 15.9 Å². The maximum Gasteiger partial charge on any atom is 0.128 e. The fraction of sp³-hybridized carbons (Fsp3) is 0.133. The first-order valence-electron chi connectivity index (χ1n) is 5.92. The molecule has 0 spiro atoms. The monoisotopic (exact) mass is 336 g/mol. The normalized spacial score (nSPS) is 11.8. The number of nitriles is 1. The SMILES string of the molecule is CC(Nc1cc(Br)ccc1C#N)c1cc(F)ccc1F. The van der Waals surface area contributed by atoms with E-state index in [-0.39, 0.29) is 5.56 Å². The van der Waals surface area contributed by atoms with Crippen LogP contribution < -0.4 is 5.32 Å². The standard InChI is InChI=1S/C15H11BrF2N2/c1-9(13-7-12(17)4-5-14(13)18)20-15-6-11(16)3-2-10(15)8-19/h2-7,9,20H,1H3. The third-order valence-corrected chi connectivity index (χ3v) is 3.39. The fourth-order valence-corrected chi connectivity index (χ4v) is 2.25. The summed E-state index contributed by atoms with van der Waals surface area (Å²) in [5.41, 5.74) is 1.23. The van der Waals surface area contributed by atoms with E-state index in [4.69, 9.17) is 5.26 Å². The van der Waals surface area contributed by atoms with E-state index in [2.05, 4.69) is 27.3 Å². The van der Waals surface area contributed by atoms with E-state index in [1.54, 1.807) is 25.1 Å². The van der Waals surface area contributed by atoms with E-state index in [0.717, 1.165) is 22.7 Å². The lowest BCUT2D eigenvalue weighted by molar-refractivity contribution is 0.577. The van der Waals surface area contributed by atoms with Gasteiger partial charge in [-0.3, -0.25) is 0 Å². The molecule has 0 fully saturated rings. The summed E-state index contributed by atoms with van der Waals surface area (Å²) in [7, 11) is 0. The van der Waals surface area contributed by atoms with E-state index in [1.165, 1.54) is 0 Å². The van der Waals surface area contributed by atoms with Crippen molar-refractivity contribution in [3.05, 3.63) is 63.6 Å². The number of anilines is 1. The van der Waals surface area contributed by atoms with Gasteiger partial charge in [-0.05, 0) is 43.3 Å². The first-order valence-corrected chi connectivity index (χ1v) is 6.71. The van der Waals surface area contributed by atoms with Crippen LogP contribution in [0, 0.1) is 23.0 Å². The van der Waals surface area contributed by atoms with Gasteiger partial charge in [-0.25, -0.2) is 8.78 Å². The van der Waals surface area contributed by atoms with Crippen LogP contribution in [0.25, 0.3) is 0 Å². The van der Waals surface area contributed by atoms with Gasteiger partial charge in [0.2, 0.25) is 0 Å². The third kappa shape index (κ3) is 3.14. The van der Waals surface area contributed by atoms with Crippen molar-refractivity contribution in [3.63, 3.8) is 0 Å². The van der Waals surface area contributed by atoms with Gasteiger partial charge >= 0.3 is 0 Å². The molecule has 5 heteroatoms. The Morgan fingerprint density at radius 2 is 1.95 bits per heavy atom. The number of nitrogens with one attached hydrogen (secondary N) is 1. The number of hydrogen-bond donors (Lipinski definition) is 1. The highest BCUT2D eigenvalue weighted by Gasteiger charge is 2.13. The second-order valence-corrected chi connectivity index (χ2v) is 5.25. The molecule has 1 unspecified atom stereocenters. The predicted octanol–water partition coefficient (Wildman–Crippen LogP) is 4.77. The number of hydrogen-bond acceptors (Lipinski definition) is 2. The van der Waals surface area contributed by atoms with Crippen molar-refractivity contribution < 1.29 is 8.78 Å². The quantitative estimate of drug-likeness (QED) is 0.876. The number of rotatable bonds is 3. The van der Waals surface area contributed by atoms with Crippen LogP contribution in [0.1, 0.15) is 24.1 Å². The zero-order valence-electron chi connectivity index (χ0n) is 10.6. The molecule has 0 saturated heterocycles. The van der Waals surface area contributed by atoms with E-state index >= 15 is 0 Å². The molecule has 2 rings (SSSR count). The molecular formula is C15H11BrF2N2. The lowest BCUT2D eigenvalue weighted by atomic mass is 10.1. The molecule has 0 aliphatic rings. The lowest BCUT2D eigenvalue weighted by Gasteiger charge is -2.17. The number of benzene rings is 2. The molecule has 0 aromatic heterocycles. The molecule has 0 bridgehead atoms. The molecular weight excluding hydrogens is 326 g/mol. The molecule has 0 aliphatic carbocycles. The number of nitrogens with zero attached hydrogens (tertiary/aromatic N) is 1. The summed E-state index contributed by atoms with van der Waals surface area (Å²) in [6.45, 7) is 1.71. The van der Waals surface area contributed by atoms with Crippen LogP contribution in [-0.4, -0.2) is 0 Å². The van der Waals surface area contributed by atoms with Gasteiger partial charge in [-0.15, -0.1) is 0 Å². The van der Waals surface area contributed by atoms with Crippen molar-refractivity contribution >= 4 is 21.6 Å². The van der Waals surface area contributed by atoms with Crippen molar-refractivity contribution in [2.75, 3.05) is 5.32 Å². The zero-order valence-corrected chi connectivity index (χ0v) is 12.2. The van der Waals surface area contributed by atoms with Crippen molar-refractivity contribution in [1.29, 1.82) is 5.26 Å². The van der Waals surface area contributed by atoms with Crippen molar-refractivity contribution in [2.45, 2.75) is 13.0 Å². The minimum absolute atomic E-state index is 0.217. The van der Waals surface area contributed by atoms with Gasteiger partial charge in [0.05, 0.1) is 17.3 Å². The van der Waals surface area contributed by atoms with Crippen molar-refractivity contribution in [2.24, 2.45) is 0 Å². The molecule has 2 aromatic rings. The Morgan fingerprint density at radius 1 is 1.20 bits per heavy atom. The summed E-state index contributed by atoms with van der Waals surface area (Å²) >= 11 is 3.31. The second kappa shape index (κ2) is 6.02. The van der Waals surface area contributed by atoms with Gasteiger partial charge in [0.15, 0.2) is 0 Å². The highest BCUT2D eigenvalue weighted by Crippen LogP contribution is 2.27. The average molecular weight is 337 g/mol. The fourth-order valence-electron chi connectivity index (χ4n) is 1.89. The highest BCUT2D eigenvalue weighted by atomic mass is 79.9. The average Bonchev–Trinajstić information content (AvgIpc) is 2.41. The highest BCUT2D eigenvalue weighted by molar-refractivity contribution is 9.10. The predicted molar refractivity (Wildman–Crippen MR) is 77.3 cm³/mol. The Morgan fingerprint density at radius 3 is 2.65 bits per heavy atom. The molecule has 20 heavy (non-hydrogen) atoms. The Hall–Kier alpha value is -1.93. The minimum atomic E-state index is -0.496. The smallest absolute Gasteiger partial charge is 0.128 e. The number of halogens is 3. The third-order valence-electron chi connectivity index (χ3n) is 2.90. The Bertz CT molecular complexity index is 680. The maximum absolute atomic E-state index is 13.7. The van der Waals surface area contributed by atoms with E-state index in [0.29, 0.717) is 11.3 Å². The second-order valence-electron chi connectivity index (χ2n) is 4.33. The van der Waals surface area contributed by atoms with Crippen LogP contribution in [0.3, 0.4) is 0 Å². The molecule has 2 aromatic carbocycles. The van der Waals surface area contributed by atoms with Crippen molar-refractivity contribution in [1.82, 2.24) is 0 Å². The van der Waals surface area contributed by atoms with E-state index in [9.17, 15) is 8.78 Å². The van der Waals surface area contributed by atoms with Gasteiger partial charge in [0.25, 0.3) is 0 Å². The summed E-state index contributed by atoms with van der Waals surface area (Å²) in [5.74, 6) is -0.982. The van der Waals surface area contributed by atoms with Crippen LogP contribution in [0.5, 0.6) is 0 Å². The summed E-state index contributed by atoms with van der Waals surface area (Å²) in [6.07, 6.45) is 0. The van der Waals surface area contributed by atoms with Gasteiger partial charge in [0, 0.05) is 10.0 Å². The molecule has 1 atom stereocenters. The van der Waals surface area contributed by atoms with Gasteiger partial charge in [0.1, 0.15) is 17.7 Å². The van der Waals surface area contributed by atoms with Crippen LogP contribution in [0.15, 0.2) is 40.9 Å². The summed E-state index contributed by atoms with van der Waals surface area (Å²) < 4.78 is 27.7. The van der Waals surface area contributed by atoms with E-state index < -0.39 is 17.7 Å².